The molecule has 3 rings (SSSR count). The highest BCUT2D eigenvalue weighted by Gasteiger charge is 2.07. The van der Waals surface area contributed by atoms with Gasteiger partial charge in [0.2, 0.25) is 0 Å². The molecule has 2 N–H and O–H groups in total. The third-order valence-electron chi connectivity index (χ3n) is 2.37. The standard InChI is InChI=1S/C12H10N6/c13-11-8-10(9-4-1-2-5-14-9)16-12(17-11)18-7-3-6-15-18/h1-8H,(H2,13,16,17). The van der Waals surface area contributed by atoms with Crippen LogP contribution in [0.5, 0.6) is 0 Å². The van der Waals surface area contributed by atoms with Crippen molar-refractivity contribution in [3.8, 4) is 17.3 Å². The second kappa shape index (κ2) is 4.25. The quantitative estimate of drug-likeness (QED) is 0.727. The summed E-state index contributed by atoms with van der Waals surface area (Å²) in [4.78, 5) is 12.8. The van der Waals surface area contributed by atoms with Crippen molar-refractivity contribution >= 4 is 5.82 Å². The van der Waals surface area contributed by atoms with Crippen molar-refractivity contribution in [2.75, 3.05) is 5.73 Å². The highest BCUT2D eigenvalue weighted by molar-refractivity contribution is 5.58. The van der Waals surface area contributed by atoms with E-state index in [-0.39, 0.29) is 0 Å². The largest absolute Gasteiger partial charge is 0.384 e. The summed E-state index contributed by atoms with van der Waals surface area (Å²) < 4.78 is 1.56. The maximum atomic E-state index is 5.78. The van der Waals surface area contributed by atoms with Crippen LogP contribution < -0.4 is 5.73 Å². The molecule has 3 aromatic heterocycles. The Kier molecular flexibility index (Phi) is 2.45. The number of nitrogens with two attached hydrogens (primary N) is 1. The minimum Gasteiger partial charge on any atom is -0.384 e. The second-order valence-electron chi connectivity index (χ2n) is 3.64. The average molecular weight is 238 g/mol. The van der Waals surface area contributed by atoms with E-state index in [1.54, 1.807) is 35.4 Å². The van der Waals surface area contributed by atoms with Crippen LogP contribution in [0.15, 0.2) is 48.9 Å². The molecule has 0 amide bonds. The molecule has 6 heteroatoms. The highest BCUT2D eigenvalue weighted by Crippen LogP contribution is 2.16. The molecule has 0 saturated heterocycles. The van der Waals surface area contributed by atoms with E-state index in [1.165, 1.54) is 0 Å². The highest BCUT2D eigenvalue weighted by atomic mass is 15.3. The van der Waals surface area contributed by atoms with Gasteiger partial charge in [0.05, 0.1) is 11.4 Å². The van der Waals surface area contributed by atoms with Crippen LogP contribution in [0.2, 0.25) is 0 Å². The van der Waals surface area contributed by atoms with Crippen molar-refractivity contribution in [1.29, 1.82) is 0 Å². The van der Waals surface area contributed by atoms with Crippen molar-refractivity contribution in [2.24, 2.45) is 0 Å². The van der Waals surface area contributed by atoms with Gasteiger partial charge in [-0.05, 0) is 18.2 Å². The minimum atomic E-state index is 0.385. The lowest BCUT2D eigenvalue weighted by Gasteiger charge is -2.04. The van der Waals surface area contributed by atoms with Gasteiger partial charge in [0, 0.05) is 24.7 Å². The van der Waals surface area contributed by atoms with Gasteiger partial charge < -0.3 is 5.73 Å². The molecule has 0 atom stereocenters. The lowest BCUT2D eigenvalue weighted by atomic mass is 10.2. The molecular weight excluding hydrogens is 228 g/mol. The Hall–Kier alpha value is -2.76. The summed E-state index contributed by atoms with van der Waals surface area (Å²) in [5.41, 5.74) is 7.21. The van der Waals surface area contributed by atoms with E-state index in [9.17, 15) is 0 Å². The molecular formula is C12H10N6. The Morgan fingerprint density at radius 3 is 2.67 bits per heavy atom. The Bertz CT molecular complexity index is 648. The molecule has 0 aliphatic carbocycles. The first-order valence-electron chi connectivity index (χ1n) is 5.39. The van der Waals surface area contributed by atoms with E-state index in [0.29, 0.717) is 17.5 Å². The first-order valence-corrected chi connectivity index (χ1v) is 5.39. The fraction of sp³-hybridized carbons (Fsp3) is 0. The van der Waals surface area contributed by atoms with E-state index in [0.717, 1.165) is 5.69 Å². The van der Waals surface area contributed by atoms with Crippen LogP contribution in [0.1, 0.15) is 0 Å². The molecule has 0 aliphatic heterocycles. The van der Waals surface area contributed by atoms with E-state index in [1.807, 2.05) is 18.2 Å². The fourth-order valence-electron chi connectivity index (χ4n) is 1.59. The molecule has 3 aromatic rings. The Labute approximate surface area is 103 Å². The van der Waals surface area contributed by atoms with E-state index >= 15 is 0 Å². The Morgan fingerprint density at radius 1 is 1.00 bits per heavy atom. The molecule has 0 bridgehead atoms. The summed E-state index contributed by atoms with van der Waals surface area (Å²) in [5.74, 6) is 0.816. The predicted octanol–water partition coefficient (Wildman–Crippen LogP) is 1.31. The van der Waals surface area contributed by atoms with Crippen molar-refractivity contribution in [3.63, 3.8) is 0 Å². The minimum absolute atomic E-state index is 0.385. The van der Waals surface area contributed by atoms with Gasteiger partial charge in [-0.3, -0.25) is 4.98 Å². The van der Waals surface area contributed by atoms with Gasteiger partial charge >= 0.3 is 0 Å². The summed E-state index contributed by atoms with van der Waals surface area (Å²) in [5, 5.41) is 4.08. The normalized spacial score (nSPS) is 10.4. The summed E-state index contributed by atoms with van der Waals surface area (Å²) in [6, 6.07) is 9.10. The molecule has 0 radical (unpaired) electrons. The van der Waals surface area contributed by atoms with Gasteiger partial charge in [-0.1, -0.05) is 6.07 Å². The van der Waals surface area contributed by atoms with Crippen LogP contribution in [-0.4, -0.2) is 24.7 Å². The predicted molar refractivity (Wildman–Crippen MR) is 66.8 cm³/mol. The Morgan fingerprint density at radius 2 is 1.94 bits per heavy atom. The fourth-order valence-corrected chi connectivity index (χ4v) is 1.59. The topological polar surface area (TPSA) is 82.5 Å². The lowest BCUT2D eigenvalue weighted by Crippen LogP contribution is -2.05. The van der Waals surface area contributed by atoms with Gasteiger partial charge in [0.15, 0.2) is 0 Å². The first kappa shape index (κ1) is 10.4. The summed E-state index contributed by atoms with van der Waals surface area (Å²) >= 11 is 0. The second-order valence-corrected chi connectivity index (χ2v) is 3.64. The van der Waals surface area contributed by atoms with Gasteiger partial charge in [-0.25, -0.2) is 9.67 Å². The van der Waals surface area contributed by atoms with Gasteiger partial charge in [-0.15, -0.1) is 0 Å². The van der Waals surface area contributed by atoms with Crippen molar-refractivity contribution in [2.45, 2.75) is 0 Å². The number of anilines is 1. The molecule has 0 fully saturated rings. The lowest BCUT2D eigenvalue weighted by molar-refractivity contribution is 0.811. The van der Waals surface area contributed by atoms with Gasteiger partial charge in [0.25, 0.3) is 5.95 Å². The van der Waals surface area contributed by atoms with E-state index < -0.39 is 0 Å². The molecule has 0 spiro atoms. The number of nitrogen functional groups attached to an aromatic ring is 1. The van der Waals surface area contributed by atoms with Crippen LogP contribution >= 0.6 is 0 Å². The molecule has 88 valence electrons. The van der Waals surface area contributed by atoms with Crippen LogP contribution in [0.4, 0.5) is 5.82 Å². The van der Waals surface area contributed by atoms with Crippen LogP contribution in [0, 0.1) is 0 Å². The first-order chi connectivity index (χ1) is 8.83. The smallest absolute Gasteiger partial charge is 0.253 e. The molecule has 0 saturated carbocycles. The summed E-state index contributed by atoms with van der Waals surface area (Å²) in [6.07, 6.45) is 5.13. The van der Waals surface area contributed by atoms with Crippen LogP contribution in [0.25, 0.3) is 17.3 Å². The van der Waals surface area contributed by atoms with Crippen molar-refractivity contribution < 1.29 is 0 Å². The maximum Gasteiger partial charge on any atom is 0.253 e. The number of hydrogen-bond acceptors (Lipinski definition) is 5. The maximum absolute atomic E-state index is 5.78. The van der Waals surface area contributed by atoms with E-state index in [4.69, 9.17) is 5.73 Å². The monoisotopic (exact) mass is 238 g/mol. The third-order valence-corrected chi connectivity index (χ3v) is 2.37. The zero-order chi connectivity index (χ0) is 12.4. The molecule has 0 aromatic carbocycles. The van der Waals surface area contributed by atoms with Crippen LogP contribution in [0.3, 0.4) is 0 Å². The third kappa shape index (κ3) is 1.91. The zero-order valence-electron chi connectivity index (χ0n) is 9.43. The van der Waals surface area contributed by atoms with Gasteiger partial charge in [-0.2, -0.15) is 10.1 Å². The van der Waals surface area contributed by atoms with Crippen molar-refractivity contribution in [1.82, 2.24) is 24.7 Å². The van der Waals surface area contributed by atoms with Crippen LogP contribution in [-0.2, 0) is 0 Å². The Balaban J connectivity index is 2.12. The summed E-state index contributed by atoms with van der Waals surface area (Å²) in [6.45, 7) is 0. The number of hydrogen-bond donors (Lipinski definition) is 1. The number of aromatic nitrogens is 5. The average Bonchev–Trinajstić information content (AvgIpc) is 2.93. The van der Waals surface area contributed by atoms with Crippen molar-refractivity contribution in [3.05, 3.63) is 48.9 Å². The van der Waals surface area contributed by atoms with Gasteiger partial charge in [0.1, 0.15) is 5.82 Å². The van der Waals surface area contributed by atoms with E-state index in [2.05, 4.69) is 20.1 Å². The number of nitrogens with zero attached hydrogens (tertiary/aromatic N) is 5. The molecule has 18 heavy (non-hydrogen) atoms. The molecule has 6 nitrogen and oxygen atoms in total. The summed E-state index contributed by atoms with van der Waals surface area (Å²) in [7, 11) is 0. The number of rotatable bonds is 2. The molecule has 3 heterocycles. The molecule has 0 unspecified atom stereocenters. The zero-order valence-corrected chi connectivity index (χ0v) is 9.43. The number of pyridine rings is 1. The SMILES string of the molecule is Nc1cc(-c2ccccn2)nc(-n2cccn2)n1. The molecule has 0 aliphatic rings.